The molecule has 2 aliphatic rings. The Morgan fingerprint density at radius 1 is 1.24 bits per heavy atom. The third kappa shape index (κ3) is 2.93. The summed E-state index contributed by atoms with van der Waals surface area (Å²) in [5, 5.41) is 9.36. The van der Waals surface area contributed by atoms with Gasteiger partial charge in [0.25, 0.3) is 0 Å². The van der Waals surface area contributed by atoms with Crippen LogP contribution >= 0.6 is 0 Å². The van der Waals surface area contributed by atoms with Crippen LogP contribution in [0.25, 0.3) is 5.65 Å². The Morgan fingerprint density at radius 3 is 2.90 bits per heavy atom. The van der Waals surface area contributed by atoms with Crippen LogP contribution in [0.5, 0.6) is 11.5 Å². The summed E-state index contributed by atoms with van der Waals surface area (Å²) in [6, 6.07) is 5.56. The quantitative estimate of drug-likeness (QED) is 0.726. The minimum absolute atomic E-state index is 0.00858. The van der Waals surface area contributed by atoms with Crippen molar-refractivity contribution in [3.63, 3.8) is 0 Å². The van der Waals surface area contributed by atoms with Crippen molar-refractivity contribution in [3.05, 3.63) is 53.7 Å². The predicted molar refractivity (Wildman–Crippen MR) is 99.1 cm³/mol. The van der Waals surface area contributed by atoms with Gasteiger partial charge in [0.2, 0.25) is 0 Å². The molecule has 1 aromatic carbocycles. The van der Waals surface area contributed by atoms with Gasteiger partial charge in [0.1, 0.15) is 30.8 Å². The first-order valence-electron chi connectivity index (χ1n) is 9.21. The monoisotopic (exact) mass is 401 g/mol. The third-order valence-electron chi connectivity index (χ3n) is 5.29. The molecule has 2 atom stereocenters. The van der Waals surface area contributed by atoms with Crippen LogP contribution in [0.4, 0.5) is 14.5 Å². The number of hydrogen-bond donors (Lipinski definition) is 1. The summed E-state index contributed by atoms with van der Waals surface area (Å²) in [6.45, 7) is 0.755. The molecule has 0 bridgehead atoms. The van der Waals surface area contributed by atoms with Gasteiger partial charge in [-0.2, -0.15) is 0 Å². The van der Waals surface area contributed by atoms with Gasteiger partial charge in [-0.25, -0.2) is 18.6 Å². The number of pyridine rings is 1. The van der Waals surface area contributed by atoms with Gasteiger partial charge in [-0.1, -0.05) is 0 Å². The summed E-state index contributed by atoms with van der Waals surface area (Å²) in [4.78, 5) is 17.3. The molecule has 1 fully saturated rings. The zero-order valence-corrected chi connectivity index (χ0v) is 15.2. The fraction of sp³-hybridized carbons (Fsp3) is 0.300. The molecule has 29 heavy (non-hydrogen) atoms. The number of benzene rings is 1. The van der Waals surface area contributed by atoms with Crippen molar-refractivity contribution < 1.29 is 28.2 Å². The van der Waals surface area contributed by atoms with Crippen LogP contribution in [0.3, 0.4) is 0 Å². The van der Waals surface area contributed by atoms with Gasteiger partial charge in [0, 0.05) is 30.8 Å². The van der Waals surface area contributed by atoms with E-state index in [2.05, 4.69) is 4.98 Å². The van der Waals surface area contributed by atoms with E-state index in [4.69, 9.17) is 9.47 Å². The second-order valence-corrected chi connectivity index (χ2v) is 7.08. The number of carbonyl (C=O) groups is 1. The summed E-state index contributed by atoms with van der Waals surface area (Å²) in [5.74, 6) is -0.853. The average molecular weight is 401 g/mol. The normalized spacial score (nSPS) is 21.0. The molecule has 2 aromatic heterocycles. The van der Waals surface area contributed by atoms with Gasteiger partial charge in [-0.05, 0) is 18.2 Å². The molecule has 3 aromatic rings. The Kier molecular flexibility index (Phi) is 4.04. The van der Waals surface area contributed by atoms with E-state index in [1.807, 2.05) is 0 Å². The maximum absolute atomic E-state index is 14.5. The van der Waals surface area contributed by atoms with Crippen molar-refractivity contribution in [1.29, 1.82) is 0 Å². The number of aromatic nitrogens is 2. The first-order valence-corrected chi connectivity index (χ1v) is 9.21. The van der Waals surface area contributed by atoms with Crippen molar-refractivity contribution in [1.82, 2.24) is 9.38 Å². The Morgan fingerprint density at radius 2 is 2.07 bits per heavy atom. The number of fused-ring (bicyclic) bond motifs is 2. The minimum atomic E-state index is -1.12. The molecular formula is C20H17F2N3O4. The summed E-state index contributed by atoms with van der Waals surface area (Å²) in [7, 11) is 0. The molecular weight excluding hydrogens is 384 g/mol. The van der Waals surface area contributed by atoms with Gasteiger partial charge in [0.05, 0.1) is 17.9 Å². The largest absolute Gasteiger partial charge is 0.486 e. The van der Waals surface area contributed by atoms with Gasteiger partial charge < -0.3 is 19.5 Å². The van der Waals surface area contributed by atoms with E-state index in [1.54, 1.807) is 23.2 Å². The average Bonchev–Trinajstić information content (AvgIpc) is 3.30. The predicted octanol–water partition coefficient (Wildman–Crippen LogP) is 3.23. The van der Waals surface area contributed by atoms with E-state index < -0.39 is 24.0 Å². The number of alkyl halides is 1. The maximum Gasteiger partial charge on any atom is 0.354 e. The van der Waals surface area contributed by atoms with Crippen LogP contribution < -0.4 is 14.4 Å². The fourth-order valence-corrected chi connectivity index (χ4v) is 4.06. The van der Waals surface area contributed by atoms with Gasteiger partial charge >= 0.3 is 5.97 Å². The molecule has 0 aliphatic carbocycles. The number of imidazole rings is 1. The van der Waals surface area contributed by atoms with Crippen molar-refractivity contribution in [3.8, 4) is 11.5 Å². The molecule has 1 N–H and O–H groups in total. The molecule has 5 rings (SSSR count). The number of ether oxygens (including phenoxy) is 2. The zero-order chi connectivity index (χ0) is 20.1. The SMILES string of the molecule is O=C(O)c1cnc2ccc(N3C[C@@H](F)C[C@@H]3c3cc(F)cc4c3OCCO4)cn12. The summed E-state index contributed by atoms with van der Waals surface area (Å²) >= 11 is 0. The lowest BCUT2D eigenvalue weighted by atomic mass is 10.0. The maximum atomic E-state index is 14.5. The van der Waals surface area contributed by atoms with Crippen LogP contribution in [0, 0.1) is 5.82 Å². The van der Waals surface area contributed by atoms with Gasteiger partial charge in [-0.3, -0.25) is 4.40 Å². The van der Waals surface area contributed by atoms with E-state index in [-0.39, 0.29) is 18.7 Å². The number of anilines is 1. The Balaban J connectivity index is 1.60. The third-order valence-corrected chi connectivity index (χ3v) is 5.29. The van der Waals surface area contributed by atoms with E-state index in [9.17, 15) is 18.7 Å². The number of nitrogens with zero attached hydrogens (tertiary/aromatic N) is 3. The second kappa shape index (κ2) is 6.61. The second-order valence-electron chi connectivity index (χ2n) is 7.08. The van der Waals surface area contributed by atoms with E-state index in [1.165, 1.54) is 22.7 Å². The number of halogens is 2. The molecule has 7 nitrogen and oxygen atoms in total. The molecule has 0 spiro atoms. The van der Waals surface area contributed by atoms with Crippen LogP contribution in [-0.4, -0.2) is 46.4 Å². The van der Waals surface area contributed by atoms with Crippen molar-refractivity contribution in [2.45, 2.75) is 18.6 Å². The molecule has 0 saturated carbocycles. The number of carboxylic acid groups (broad SMARTS) is 1. The standard InChI is InChI=1S/C20H17F2N3O4/c21-11-5-14(19-17(7-11)28-3-4-29-19)15-6-12(22)9-24(15)13-1-2-18-23-8-16(20(26)27)25(18)10-13/h1-2,5,7-8,10,12,15H,3-4,6,9H2,(H,26,27)/t12-,15+/m0/s1. The lowest BCUT2D eigenvalue weighted by Gasteiger charge is -2.30. The fourth-order valence-electron chi connectivity index (χ4n) is 4.06. The van der Waals surface area contributed by atoms with Crippen molar-refractivity contribution in [2.75, 3.05) is 24.7 Å². The molecule has 1 saturated heterocycles. The summed E-state index contributed by atoms with van der Waals surface area (Å²) < 4.78 is 41.4. The Bertz CT molecular complexity index is 1120. The first kappa shape index (κ1) is 17.7. The molecule has 2 aliphatic heterocycles. The first-order chi connectivity index (χ1) is 14.0. The highest BCUT2D eigenvalue weighted by molar-refractivity contribution is 5.86. The zero-order valence-electron chi connectivity index (χ0n) is 15.2. The molecule has 150 valence electrons. The van der Waals surface area contributed by atoms with E-state index in [0.29, 0.717) is 41.6 Å². The number of carboxylic acids is 1. The van der Waals surface area contributed by atoms with Crippen molar-refractivity contribution in [2.24, 2.45) is 0 Å². The van der Waals surface area contributed by atoms with Crippen LogP contribution in [0.15, 0.2) is 36.7 Å². The minimum Gasteiger partial charge on any atom is -0.486 e. The molecule has 0 radical (unpaired) electrons. The van der Waals surface area contributed by atoms with Gasteiger partial charge in [0.15, 0.2) is 17.2 Å². The van der Waals surface area contributed by atoms with Gasteiger partial charge in [-0.15, -0.1) is 0 Å². The van der Waals surface area contributed by atoms with E-state index in [0.717, 1.165) is 0 Å². The lowest BCUT2D eigenvalue weighted by Crippen LogP contribution is -2.26. The van der Waals surface area contributed by atoms with Crippen LogP contribution in [0.1, 0.15) is 28.5 Å². The van der Waals surface area contributed by atoms with Crippen molar-refractivity contribution >= 4 is 17.3 Å². The topological polar surface area (TPSA) is 76.3 Å². The summed E-state index contributed by atoms with van der Waals surface area (Å²) in [6.07, 6.45) is 1.92. The summed E-state index contributed by atoms with van der Waals surface area (Å²) in [5.41, 5.74) is 1.61. The van der Waals surface area contributed by atoms with E-state index >= 15 is 0 Å². The Hall–Kier alpha value is -3.36. The Labute approximate surface area is 164 Å². The molecule has 0 amide bonds. The van der Waals surface area contributed by atoms with Crippen LogP contribution in [-0.2, 0) is 0 Å². The highest BCUT2D eigenvalue weighted by atomic mass is 19.1. The smallest absolute Gasteiger partial charge is 0.354 e. The number of hydrogen-bond acceptors (Lipinski definition) is 5. The molecule has 0 unspecified atom stereocenters. The molecule has 4 heterocycles. The highest BCUT2D eigenvalue weighted by Gasteiger charge is 2.37. The number of rotatable bonds is 3. The van der Waals surface area contributed by atoms with Crippen LogP contribution in [0.2, 0.25) is 0 Å². The number of aromatic carboxylic acids is 1. The highest BCUT2D eigenvalue weighted by Crippen LogP contribution is 2.45. The lowest BCUT2D eigenvalue weighted by molar-refractivity contribution is 0.0689. The molecule has 9 heteroatoms.